The fourth-order valence-electron chi connectivity index (χ4n) is 3.95. The van der Waals surface area contributed by atoms with E-state index in [0.717, 1.165) is 23.0 Å². The molecular formula is C27H25N3O5S. The number of rotatable bonds is 9. The van der Waals surface area contributed by atoms with E-state index in [2.05, 4.69) is 8.75 Å². The molecule has 0 aliphatic heterocycles. The van der Waals surface area contributed by atoms with Gasteiger partial charge in [-0.3, -0.25) is 4.79 Å². The smallest absolute Gasteiger partial charge is 0.336 e. The molecule has 0 amide bonds. The highest BCUT2D eigenvalue weighted by molar-refractivity contribution is 7.00. The van der Waals surface area contributed by atoms with Crippen molar-refractivity contribution in [2.45, 2.75) is 6.42 Å². The number of benzene rings is 3. The van der Waals surface area contributed by atoms with Gasteiger partial charge in [0.25, 0.3) is 0 Å². The molecule has 0 saturated heterocycles. The number of aromatic nitrogens is 2. The number of anilines is 1. The summed E-state index contributed by atoms with van der Waals surface area (Å²) in [6.45, 7) is 0. The van der Waals surface area contributed by atoms with E-state index in [4.69, 9.17) is 9.47 Å². The minimum atomic E-state index is -1.20. The lowest BCUT2D eigenvalue weighted by molar-refractivity contribution is -0.130. The number of hydrogen-bond acceptors (Lipinski definition) is 8. The molecular weight excluding hydrogens is 478 g/mol. The van der Waals surface area contributed by atoms with E-state index in [9.17, 15) is 14.7 Å². The van der Waals surface area contributed by atoms with Crippen LogP contribution in [0, 0.1) is 0 Å². The lowest BCUT2D eigenvalue weighted by atomic mass is 9.89. The van der Waals surface area contributed by atoms with Gasteiger partial charge in [0.15, 0.2) is 17.3 Å². The molecule has 0 aliphatic carbocycles. The van der Waals surface area contributed by atoms with E-state index in [1.54, 1.807) is 36.4 Å². The number of fused-ring (bicyclic) bond motifs is 1. The SMILES string of the molecule is COc1ccc(C(=O)/C(Cc2cccc(N(C)C)c2)=C(/C(=O)O)c2ccc3nsnc3c2)cc1OC. The Bertz CT molecular complexity index is 1480. The molecule has 1 heterocycles. The van der Waals surface area contributed by atoms with Gasteiger partial charge in [0.05, 0.1) is 31.5 Å². The number of carboxylic acid groups (broad SMARTS) is 1. The van der Waals surface area contributed by atoms with Gasteiger partial charge in [-0.05, 0) is 53.6 Å². The van der Waals surface area contributed by atoms with Crippen LogP contribution in [0.4, 0.5) is 5.69 Å². The molecule has 0 fully saturated rings. The normalized spacial score (nSPS) is 11.7. The average Bonchev–Trinajstić information content (AvgIpc) is 3.35. The summed E-state index contributed by atoms with van der Waals surface area (Å²) in [5, 5.41) is 10.3. The molecule has 36 heavy (non-hydrogen) atoms. The van der Waals surface area contributed by atoms with Gasteiger partial charge in [0.1, 0.15) is 11.0 Å². The van der Waals surface area contributed by atoms with Crippen molar-refractivity contribution in [1.29, 1.82) is 0 Å². The molecule has 0 radical (unpaired) electrons. The van der Waals surface area contributed by atoms with Crippen molar-refractivity contribution in [1.82, 2.24) is 8.75 Å². The number of carboxylic acids is 1. The highest BCUT2D eigenvalue weighted by Gasteiger charge is 2.25. The summed E-state index contributed by atoms with van der Waals surface area (Å²) >= 11 is 1.05. The molecule has 1 N–H and O–H groups in total. The van der Waals surface area contributed by atoms with E-state index >= 15 is 0 Å². The van der Waals surface area contributed by atoms with Gasteiger partial charge in [-0.1, -0.05) is 18.2 Å². The average molecular weight is 504 g/mol. The highest BCUT2D eigenvalue weighted by atomic mass is 32.1. The molecule has 0 saturated carbocycles. The standard InChI is InChI=1S/C27H25N3O5S/c1-30(2)19-7-5-6-16(12-19)13-20(26(31)18-9-11-23(34-3)24(15-18)35-4)25(27(32)33)17-8-10-21-22(14-17)29-36-28-21/h5-12,14-15H,13H2,1-4H3,(H,32,33)/b25-20+. The second kappa shape index (κ2) is 10.6. The van der Waals surface area contributed by atoms with Crippen LogP contribution in [0.15, 0.2) is 66.2 Å². The zero-order valence-electron chi connectivity index (χ0n) is 20.3. The third kappa shape index (κ3) is 5.06. The van der Waals surface area contributed by atoms with Crippen molar-refractivity contribution < 1.29 is 24.2 Å². The summed E-state index contributed by atoms with van der Waals surface area (Å²) in [5.41, 5.74) is 3.73. The maximum atomic E-state index is 13.9. The maximum Gasteiger partial charge on any atom is 0.336 e. The Hall–Kier alpha value is -4.24. The summed E-state index contributed by atoms with van der Waals surface area (Å²) in [4.78, 5) is 28.5. The topological polar surface area (TPSA) is 102 Å². The molecule has 4 rings (SSSR count). The number of carbonyl (C=O) groups excluding carboxylic acids is 1. The number of nitrogens with zero attached hydrogens (tertiary/aromatic N) is 3. The molecule has 3 aromatic carbocycles. The largest absolute Gasteiger partial charge is 0.493 e. The first kappa shape index (κ1) is 24.9. The van der Waals surface area contributed by atoms with E-state index in [-0.39, 0.29) is 17.6 Å². The Kier molecular flexibility index (Phi) is 7.30. The summed E-state index contributed by atoms with van der Waals surface area (Å²) in [6, 6.07) is 17.5. The van der Waals surface area contributed by atoms with Crippen LogP contribution >= 0.6 is 11.7 Å². The molecule has 9 heteroatoms. The number of allylic oxidation sites excluding steroid dienone is 1. The van der Waals surface area contributed by atoms with Crippen molar-refractivity contribution in [3.05, 3.63) is 82.9 Å². The molecule has 4 aromatic rings. The lowest BCUT2D eigenvalue weighted by Crippen LogP contribution is -2.15. The van der Waals surface area contributed by atoms with E-state index in [1.807, 2.05) is 43.3 Å². The Balaban J connectivity index is 1.92. The minimum absolute atomic E-state index is 0.0834. The number of ether oxygens (including phenoxy) is 2. The summed E-state index contributed by atoms with van der Waals surface area (Å²) in [5.74, 6) is -0.771. The quantitative estimate of drug-likeness (QED) is 0.258. The molecule has 0 aliphatic rings. The van der Waals surface area contributed by atoms with Crippen molar-refractivity contribution >= 4 is 45.8 Å². The van der Waals surface area contributed by atoms with E-state index in [0.29, 0.717) is 33.7 Å². The van der Waals surface area contributed by atoms with Crippen molar-refractivity contribution in [3.8, 4) is 11.5 Å². The Morgan fingerprint density at radius 3 is 2.31 bits per heavy atom. The van der Waals surface area contributed by atoms with Gasteiger partial charge >= 0.3 is 5.97 Å². The lowest BCUT2D eigenvalue weighted by Gasteiger charge is -2.16. The summed E-state index contributed by atoms with van der Waals surface area (Å²) in [6.07, 6.45) is 0.115. The van der Waals surface area contributed by atoms with Gasteiger partial charge in [-0.25, -0.2) is 4.79 Å². The number of ketones is 1. The van der Waals surface area contributed by atoms with Crippen molar-refractivity contribution in [2.75, 3.05) is 33.2 Å². The van der Waals surface area contributed by atoms with Crippen molar-refractivity contribution in [2.24, 2.45) is 0 Å². The number of carbonyl (C=O) groups is 2. The second-order valence-electron chi connectivity index (χ2n) is 8.27. The van der Waals surface area contributed by atoms with Crippen molar-refractivity contribution in [3.63, 3.8) is 0 Å². The predicted octanol–water partition coefficient (Wildman–Crippen LogP) is 4.74. The van der Waals surface area contributed by atoms with E-state index in [1.165, 1.54) is 14.2 Å². The monoisotopic (exact) mass is 503 g/mol. The molecule has 0 unspecified atom stereocenters. The fourth-order valence-corrected chi connectivity index (χ4v) is 4.46. The van der Waals surface area contributed by atoms with Gasteiger partial charge in [0, 0.05) is 37.3 Å². The Morgan fingerprint density at radius 1 is 0.889 bits per heavy atom. The van der Waals surface area contributed by atoms with Gasteiger partial charge in [-0.15, -0.1) is 0 Å². The Labute approximate surface area is 212 Å². The predicted molar refractivity (Wildman–Crippen MR) is 140 cm³/mol. The summed E-state index contributed by atoms with van der Waals surface area (Å²) in [7, 11) is 6.83. The minimum Gasteiger partial charge on any atom is -0.493 e. The molecule has 0 bridgehead atoms. The van der Waals surface area contributed by atoms with Crippen LogP contribution in [0.3, 0.4) is 0 Å². The Morgan fingerprint density at radius 2 is 1.61 bits per heavy atom. The molecule has 184 valence electrons. The zero-order chi connectivity index (χ0) is 25.8. The van der Waals surface area contributed by atoms with Gasteiger partial charge in [0.2, 0.25) is 0 Å². The third-order valence-corrected chi connectivity index (χ3v) is 6.34. The summed E-state index contributed by atoms with van der Waals surface area (Å²) < 4.78 is 19.1. The van der Waals surface area contributed by atoms with Crippen LogP contribution in [-0.4, -0.2) is 53.9 Å². The first-order chi connectivity index (χ1) is 17.3. The first-order valence-electron chi connectivity index (χ1n) is 11.0. The molecule has 1 aromatic heterocycles. The third-order valence-electron chi connectivity index (χ3n) is 5.79. The first-order valence-corrected chi connectivity index (χ1v) is 11.8. The number of hydrogen-bond donors (Lipinski definition) is 1. The van der Waals surface area contributed by atoms with Crippen LogP contribution in [-0.2, 0) is 11.2 Å². The molecule has 0 atom stereocenters. The van der Waals surface area contributed by atoms with Crippen LogP contribution in [0.25, 0.3) is 16.6 Å². The van der Waals surface area contributed by atoms with E-state index < -0.39 is 11.8 Å². The second-order valence-corrected chi connectivity index (χ2v) is 8.79. The molecule has 8 nitrogen and oxygen atoms in total. The van der Waals surface area contributed by atoms with Crippen LogP contribution < -0.4 is 14.4 Å². The maximum absolute atomic E-state index is 13.9. The number of methoxy groups -OCH3 is 2. The highest BCUT2D eigenvalue weighted by Crippen LogP contribution is 2.32. The van der Waals surface area contributed by atoms with Gasteiger partial charge in [-0.2, -0.15) is 8.75 Å². The number of Topliss-reactive ketones (excluding diaryl/α,β-unsaturated/α-hetero) is 1. The zero-order valence-corrected chi connectivity index (χ0v) is 21.1. The van der Waals surface area contributed by atoms with Crippen LogP contribution in [0.2, 0.25) is 0 Å². The van der Waals surface area contributed by atoms with Crippen LogP contribution in [0.1, 0.15) is 21.5 Å². The number of aliphatic carboxylic acids is 1. The van der Waals surface area contributed by atoms with Gasteiger partial charge < -0.3 is 19.5 Å². The molecule has 0 spiro atoms. The van der Waals surface area contributed by atoms with Crippen LogP contribution in [0.5, 0.6) is 11.5 Å². The fraction of sp³-hybridized carbons (Fsp3) is 0.185.